The van der Waals surface area contributed by atoms with Crippen LogP contribution in [0, 0.1) is 0 Å². The first kappa shape index (κ1) is 30.6. The standard InChI is InChI=1S/C34H41BrN2O4/c1-3-40-31-19-17-26(23-32(31)41-4-2)18-20-33(38)37(24-27-13-10-14-28(35)21-27)30(22-25-11-6-5-7-12-25)34(39)36-29-15-8-9-16-29/h5-7,10-14,17,19,21,23,29-30H,3-4,8-9,15-16,18,20,22,24H2,1-2H3,(H,36,39). The van der Waals surface area contributed by atoms with E-state index in [4.69, 9.17) is 9.47 Å². The van der Waals surface area contributed by atoms with Crippen molar-refractivity contribution in [1.82, 2.24) is 10.2 Å². The average Bonchev–Trinajstić information content (AvgIpc) is 3.48. The molecular weight excluding hydrogens is 580 g/mol. The molecule has 0 heterocycles. The van der Waals surface area contributed by atoms with E-state index in [9.17, 15) is 9.59 Å². The van der Waals surface area contributed by atoms with Gasteiger partial charge in [-0.05, 0) is 74.1 Å². The largest absolute Gasteiger partial charge is 0.490 e. The van der Waals surface area contributed by atoms with Gasteiger partial charge in [-0.2, -0.15) is 0 Å². The predicted octanol–water partition coefficient (Wildman–Crippen LogP) is 6.88. The van der Waals surface area contributed by atoms with Gasteiger partial charge in [-0.1, -0.05) is 77.3 Å². The topological polar surface area (TPSA) is 67.9 Å². The number of hydrogen-bond acceptors (Lipinski definition) is 4. The van der Waals surface area contributed by atoms with Crippen LogP contribution in [0.2, 0.25) is 0 Å². The Morgan fingerprint density at radius 1 is 0.878 bits per heavy atom. The summed E-state index contributed by atoms with van der Waals surface area (Å²) in [6.45, 7) is 5.31. The number of nitrogens with zero attached hydrogens (tertiary/aromatic N) is 1. The van der Waals surface area contributed by atoms with Gasteiger partial charge in [0, 0.05) is 29.9 Å². The van der Waals surface area contributed by atoms with Crippen LogP contribution < -0.4 is 14.8 Å². The fourth-order valence-electron chi connectivity index (χ4n) is 5.40. The van der Waals surface area contributed by atoms with Crippen LogP contribution in [0.15, 0.2) is 77.3 Å². The summed E-state index contributed by atoms with van der Waals surface area (Å²) in [5.41, 5.74) is 2.99. The summed E-state index contributed by atoms with van der Waals surface area (Å²) >= 11 is 3.56. The molecule has 3 aromatic rings. The van der Waals surface area contributed by atoms with E-state index in [2.05, 4.69) is 21.2 Å². The monoisotopic (exact) mass is 620 g/mol. The number of rotatable bonds is 14. The number of nitrogens with one attached hydrogen (secondary N) is 1. The van der Waals surface area contributed by atoms with Gasteiger partial charge in [-0.15, -0.1) is 0 Å². The Labute approximate surface area is 252 Å². The highest BCUT2D eigenvalue weighted by molar-refractivity contribution is 9.10. The van der Waals surface area contributed by atoms with E-state index in [-0.39, 0.29) is 24.3 Å². The van der Waals surface area contributed by atoms with E-state index in [1.54, 1.807) is 4.90 Å². The van der Waals surface area contributed by atoms with Crippen molar-refractivity contribution in [3.8, 4) is 11.5 Å². The maximum absolute atomic E-state index is 14.0. The minimum absolute atomic E-state index is 0.0562. The first-order valence-electron chi connectivity index (χ1n) is 14.7. The third-order valence-electron chi connectivity index (χ3n) is 7.45. The highest BCUT2D eigenvalue weighted by atomic mass is 79.9. The molecule has 1 aliphatic rings. The molecule has 1 aliphatic carbocycles. The van der Waals surface area contributed by atoms with Gasteiger partial charge in [0.1, 0.15) is 6.04 Å². The smallest absolute Gasteiger partial charge is 0.243 e. The van der Waals surface area contributed by atoms with E-state index in [1.807, 2.05) is 86.6 Å². The lowest BCUT2D eigenvalue weighted by molar-refractivity contribution is -0.141. The van der Waals surface area contributed by atoms with Crippen LogP contribution in [0.25, 0.3) is 0 Å². The zero-order valence-electron chi connectivity index (χ0n) is 24.1. The van der Waals surface area contributed by atoms with Crippen LogP contribution in [-0.2, 0) is 29.0 Å². The molecule has 1 atom stereocenters. The number of aryl methyl sites for hydroxylation is 1. The van der Waals surface area contributed by atoms with Crippen LogP contribution in [-0.4, -0.2) is 42.0 Å². The molecule has 0 bridgehead atoms. The van der Waals surface area contributed by atoms with Gasteiger partial charge >= 0.3 is 0 Å². The molecule has 41 heavy (non-hydrogen) atoms. The van der Waals surface area contributed by atoms with Gasteiger partial charge in [-0.3, -0.25) is 9.59 Å². The molecule has 1 unspecified atom stereocenters. The number of hydrogen-bond donors (Lipinski definition) is 1. The molecule has 0 aliphatic heterocycles. The fourth-order valence-corrected chi connectivity index (χ4v) is 5.85. The van der Waals surface area contributed by atoms with Gasteiger partial charge in [0.25, 0.3) is 0 Å². The van der Waals surface area contributed by atoms with Gasteiger partial charge in [0.05, 0.1) is 13.2 Å². The lowest BCUT2D eigenvalue weighted by Crippen LogP contribution is -2.52. The summed E-state index contributed by atoms with van der Waals surface area (Å²) in [7, 11) is 0. The summed E-state index contributed by atoms with van der Waals surface area (Å²) in [5.74, 6) is 1.25. The number of amides is 2. The molecule has 0 spiro atoms. The Morgan fingerprint density at radius 3 is 2.29 bits per heavy atom. The summed E-state index contributed by atoms with van der Waals surface area (Å²) in [6.07, 6.45) is 5.49. The third kappa shape index (κ3) is 9.09. The number of carbonyl (C=O) groups is 2. The Bertz CT molecular complexity index is 1280. The third-order valence-corrected chi connectivity index (χ3v) is 7.94. The van der Waals surface area contributed by atoms with Crippen molar-refractivity contribution in [3.63, 3.8) is 0 Å². The lowest BCUT2D eigenvalue weighted by Gasteiger charge is -2.32. The second-order valence-electron chi connectivity index (χ2n) is 10.5. The van der Waals surface area contributed by atoms with Crippen LogP contribution >= 0.6 is 15.9 Å². The molecule has 1 fully saturated rings. The molecule has 6 nitrogen and oxygen atoms in total. The van der Waals surface area contributed by atoms with Gasteiger partial charge in [0.2, 0.25) is 11.8 Å². The molecule has 3 aromatic carbocycles. The minimum atomic E-state index is -0.621. The van der Waals surface area contributed by atoms with Crippen LogP contribution in [0.3, 0.4) is 0 Å². The van der Waals surface area contributed by atoms with Crippen molar-refractivity contribution < 1.29 is 19.1 Å². The molecule has 0 aromatic heterocycles. The van der Waals surface area contributed by atoms with Crippen LogP contribution in [0.1, 0.15) is 62.6 Å². The molecule has 0 radical (unpaired) electrons. The Balaban J connectivity index is 1.60. The van der Waals surface area contributed by atoms with Crippen molar-refractivity contribution in [3.05, 3.63) is 94.0 Å². The van der Waals surface area contributed by atoms with Gasteiger partial charge < -0.3 is 19.7 Å². The Kier molecular flexibility index (Phi) is 11.7. The molecule has 218 valence electrons. The highest BCUT2D eigenvalue weighted by Crippen LogP contribution is 2.29. The van der Waals surface area contributed by atoms with E-state index in [1.165, 1.54) is 0 Å². The normalized spacial score (nSPS) is 13.9. The summed E-state index contributed by atoms with van der Waals surface area (Å²) in [4.78, 5) is 29.7. The summed E-state index contributed by atoms with van der Waals surface area (Å²) < 4.78 is 12.4. The second-order valence-corrected chi connectivity index (χ2v) is 11.4. The molecule has 2 amide bonds. The van der Waals surface area contributed by atoms with E-state index < -0.39 is 6.04 Å². The second kappa shape index (κ2) is 15.6. The summed E-state index contributed by atoms with van der Waals surface area (Å²) in [6, 6.07) is 23.3. The fraction of sp³-hybridized carbons (Fsp3) is 0.412. The van der Waals surface area contributed by atoms with Crippen molar-refractivity contribution >= 4 is 27.7 Å². The van der Waals surface area contributed by atoms with Crippen molar-refractivity contribution in [2.45, 2.75) is 77.4 Å². The highest BCUT2D eigenvalue weighted by Gasteiger charge is 2.32. The maximum Gasteiger partial charge on any atom is 0.243 e. The van der Waals surface area contributed by atoms with Crippen LogP contribution in [0.4, 0.5) is 0 Å². The zero-order valence-corrected chi connectivity index (χ0v) is 25.7. The Hall–Kier alpha value is -3.32. The molecular formula is C34H41BrN2O4. The minimum Gasteiger partial charge on any atom is -0.490 e. The lowest BCUT2D eigenvalue weighted by atomic mass is 10.0. The molecule has 1 N–H and O–H groups in total. The number of halogens is 1. The van der Waals surface area contributed by atoms with Gasteiger partial charge in [0.15, 0.2) is 11.5 Å². The molecule has 7 heteroatoms. The zero-order chi connectivity index (χ0) is 29.0. The quantitative estimate of drug-likeness (QED) is 0.213. The van der Waals surface area contributed by atoms with E-state index >= 15 is 0 Å². The Morgan fingerprint density at radius 2 is 1.59 bits per heavy atom. The van der Waals surface area contributed by atoms with Crippen molar-refractivity contribution in [2.75, 3.05) is 13.2 Å². The molecule has 1 saturated carbocycles. The number of ether oxygens (including phenoxy) is 2. The van der Waals surface area contributed by atoms with Crippen LogP contribution in [0.5, 0.6) is 11.5 Å². The molecule has 0 saturated heterocycles. The SMILES string of the molecule is CCOc1ccc(CCC(=O)N(Cc2cccc(Br)c2)C(Cc2ccccc2)C(=O)NC2CCCC2)cc1OCC. The maximum atomic E-state index is 14.0. The number of carbonyl (C=O) groups excluding carboxylic acids is 2. The first-order chi connectivity index (χ1) is 20.0. The first-order valence-corrected chi connectivity index (χ1v) is 15.5. The van der Waals surface area contributed by atoms with Crippen molar-refractivity contribution in [1.29, 1.82) is 0 Å². The summed E-state index contributed by atoms with van der Waals surface area (Å²) in [5, 5.41) is 3.27. The molecule has 4 rings (SSSR count). The van der Waals surface area contributed by atoms with Gasteiger partial charge in [-0.25, -0.2) is 0 Å². The predicted molar refractivity (Wildman–Crippen MR) is 166 cm³/mol. The van der Waals surface area contributed by atoms with E-state index in [0.717, 1.165) is 46.8 Å². The number of benzene rings is 3. The van der Waals surface area contributed by atoms with E-state index in [0.29, 0.717) is 44.1 Å². The van der Waals surface area contributed by atoms with Crippen molar-refractivity contribution in [2.24, 2.45) is 0 Å². The average molecular weight is 622 g/mol.